The summed E-state index contributed by atoms with van der Waals surface area (Å²) in [7, 11) is 2.81. The fraction of sp³-hybridized carbons (Fsp3) is 0.190. The third-order valence-electron chi connectivity index (χ3n) is 5.08. The molecule has 0 aliphatic carbocycles. The van der Waals surface area contributed by atoms with E-state index in [-0.39, 0.29) is 23.0 Å². The van der Waals surface area contributed by atoms with Gasteiger partial charge in [-0.25, -0.2) is 9.48 Å². The Bertz CT molecular complexity index is 1170. The van der Waals surface area contributed by atoms with Gasteiger partial charge in [-0.15, -0.1) is 0 Å². The number of methoxy groups -OCH3 is 2. The molecule has 2 heterocycles. The summed E-state index contributed by atoms with van der Waals surface area (Å²) in [6, 6.07) is 12.6. The zero-order chi connectivity index (χ0) is 22.1. The van der Waals surface area contributed by atoms with Crippen molar-refractivity contribution in [3.05, 3.63) is 75.6 Å². The summed E-state index contributed by atoms with van der Waals surface area (Å²) in [4.78, 5) is 37.6. The number of ether oxygens (including phenoxy) is 2. The van der Waals surface area contributed by atoms with Crippen molar-refractivity contribution in [3.8, 4) is 11.4 Å². The Morgan fingerprint density at radius 2 is 1.71 bits per heavy atom. The van der Waals surface area contributed by atoms with Crippen LogP contribution in [0.15, 0.2) is 48.5 Å². The van der Waals surface area contributed by atoms with Gasteiger partial charge < -0.3 is 14.4 Å². The van der Waals surface area contributed by atoms with Crippen LogP contribution in [0.25, 0.3) is 5.69 Å². The second-order valence-corrected chi connectivity index (χ2v) is 6.76. The van der Waals surface area contributed by atoms with Gasteiger partial charge in [-0.05, 0) is 42.8 Å². The van der Waals surface area contributed by atoms with Crippen molar-refractivity contribution >= 4 is 23.3 Å². The van der Waals surface area contributed by atoms with E-state index in [9.17, 15) is 19.7 Å². The summed E-state index contributed by atoms with van der Waals surface area (Å²) < 4.78 is 11.4. The Balaban J connectivity index is 1.80. The van der Waals surface area contributed by atoms with Gasteiger partial charge in [0.05, 0.1) is 24.8 Å². The molecule has 0 saturated heterocycles. The van der Waals surface area contributed by atoms with E-state index in [0.717, 1.165) is 0 Å². The number of esters is 1. The van der Waals surface area contributed by atoms with Crippen molar-refractivity contribution in [1.82, 2.24) is 9.78 Å². The second-order valence-electron chi connectivity index (χ2n) is 6.76. The molecule has 31 heavy (non-hydrogen) atoms. The van der Waals surface area contributed by atoms with E-state index in [0.29, 0.717) is 35.7 Å². The minimum atomic E-state index is -0.625. The Morgan fingerprint density at radius 3 is 2.29 bits per heavy atom. The quantitative estimate of drug-likeness (QED) is 0.352. The van der Waals surface area contributed by atoms with Crippen LogP contribution < -0.4 is 9.64 Å². The summed E-state index contributed by atoms with van der Waals surface area (Å²) in [6.45, 7) is 0.294. The number of nitrogens with zero attached hydrogens (tertiary/aromatic N) is 4. The second kappa shape index (κ2) is 7.90. The van der Waals surface area contributed by atoms with Crippen LogP contribution in [0.1, 0.15) is 26.5 Å². The van der Waals surface area contributed by atoms with E-state index >= 15 is 0 Å². The molecule has 0 bridgehead atoms. The number of amides is 1. The average Bonchev–Trinajstić information content (AvgIpc) is 3.19. The monoisotopic (exact) mass is 422 g/mol. The normalized spacial score (nSPS) is 13.0. The van der Waals surface area contributed by atoms with Gasteiger partial charge in [-0.2, -0.15) is 5.10 Å². The molecular weight excluding hydrogens is 404 g/mol. The standard InChI is InChI=1S/C21H18N4O6/c1-30-16-9-7-14(8-10-16)24-19-17(18(22-24)21(27)31-2)11-12-23(20(19)26)13-3-5-15(6-4-13)25(28)29/h3-10H,11-12H2,1-2H3. The first-order chi connectivity index (χ1) is 14.9. The molecule has 0 spiro atoms. The molecule has 1 aliphatic rings. The van der Waals surface area contributed by atoms with Crippen LogP contribution in [0.5, 0.6) is 5.75 Å². The van der Waals surface area contributed by atoms with E-state index in [1.807, 2.05) is 0 Å². The number of hydrogen-bond acceptors (Lipinski definition) is 7. The minimum absolute atomic E-state index is 0.0647. The molecule has 4 rings (SSSR count). The summed E-state index contributed by atoms with van der Waals surface area (Å²) in [5.74, 6) is -0.356. The maximum atomic E-state index is 13.4. The SMILES string of the molecule is COC(=O)c1nn(-c2ccc(OC)cc2)c2c1CCN(c1ccc([N+](=O)[O-])cc1)C2=O. The molecule has 10 nitrogen and oxygen atoms in total. The molecule has 1 aliphatic heterocycles. The zero-order valence-electron chi connectivity index (χ0n) is 16.8. The lowest BCUT2D eigenvalue weighted by Gasteiger charge is -2.27. The van der Waals surface area contributed by atoms with Gasteiger partial charge >= 0.3 is 5.97 Å². The van der Waals surface area contributed by atoms with Gasteiger partial charge in [0.1, 0.15) is 11.4 Å². The minimum Gasteiger partial charge on any atom is -0.497 e. The van der Waals surface area contributed by atoms with Crippen LogP contribution in [0.4, 0.5) is 11.4 Å². The van der Waals surface area contributed by atoms with Crippen LogP contribution in [0.3, 0.4) is 0 Å². The predicted molar refractivity (Wildman–Crippen MR) is 110 cm³/mol. The smallest absolute Gasteiger partial charge is 0.358 e. The first-order valence-electron chi connectivity index (χ1n) is 9.35. The fourth-order valence-corrected chi connectivity index (χ4v) is 3.53. The van der Waals surface area contributed by atoms with Gasteiger partial charge in [0.15, 0.2) is 5.69 Å². The summed E-state index contributed by atoms with van der Waals surface area (Å²) in [6.07, 6.45) is 0.374. The first-order valence-corrected chi connectivity index (χ1v) is 9.35. The third kappa shape index (κ3) is 3.48. The molecule has 2 aromatic carbocycles. The molecule has 1 aromatic heterocycles. The first kappa shape index (κ1) is 20.1. The maximum Gasteiger partial charge on any atom is 0.358 e. The number of non-ortho nitro benzene ring substituents is 1. The van der Waals surface area contributed by atoms with Gasteiger partial charge in [-0.1, -0.05) is 0 Å². The predicted octanol–water partition coefficient (Wildman–Crippen LogP) is 2.78. The molecule has 158 valence electrons. The number of benzene rings is 2. The third-order valence-corrected chi connectivity index (χ3v) is 5.08. The molecule has 10 heteroatoms. The van der Waals surface area contributed by atoms with Crippen molar-refractivity contribution < 1.29 is 24.0 Å². The highest BCUT2D eigenvalue weighted by molar-refractivity contribution is 6.09. The molecule has 0 unspecified atom stereocenters. The number of rotatable bonds is 5. The number of anilines is 1. The number of nitro groups is 1. The molecule has 0 radical (unpaired) electrons. The molecule has 3 aromatic rings. The lowest BCUT2D eigenvalue weighted by Crippen LogP contribution is -2.39. The lowest BCUT2D eigenvalue weighted by atomic mass is 10.0. The molecule has 0 N–H and O–H groups in total. The topological polar surface area (TPSA) is 117 Å². The van der Waals surface area contributed by atoms with Crippen molar-refractivity contribution in [2.45, 2.75) is 6.42 Å². The van der Waals surface area contributed by atoms with E-state index in [4.69, 9.17) is 9.47 Å². The van der Waals surface area contributed by atoms with Gasteiger partial charge in [0, 0.05) is 29.9 Å². The number of aromatic nitrogens is 2. The van der Waals surface area contributed by atoms with Crippen molar-refractivity contribution in [1.29, 1.82) is 0 Å². The van der Waals surface area contributed by atoms with Crippen molar-refractivity contribution in [2.24, 2.45) is 0 Å². The Hall–Kier alpha value is -4.21. The Kier molecular flexibility index (Phi) is 5.12. The number of carbonyl (C=O) groups excluding carboxylic acids is 2. The summed E-state index contributed by atoms with van der Waals surface area (Å²) in [5.41, 5.74) is 1.87. The molecular formula is C21H18N4O6. The molecule has 0 atom stereocenters. The zero-order valence-corrected chi connectivity index (χ0v) is 16.8. The largest absolute Gasteiger partial charge is 0.497 e. The van der Waals surface area contributed by atoms with E-state index in [2.05, 4.69) is 5.10 Å². The Morgan fingerprint density at radius 1 is 1.06 bits per heavy atom. The highest BCUT2D eigenvalue weighted by Crippen LogP contribution is 2.30. The van der Waals surface area contributed by atoms with E-state index < -0.39 is 10.9 Å². The molecule has 0 saturated carbocycles. The highest BCUT2D eigenvalue weighted by atomic mass is 16.6. The average molecular weight is 422 g/mol. The van der Waals surface area contributed by atoms with E-state index in [1.165, 1.54) is 41.0 Å². The maximum absolute atomic E-state index is 13.4. The number of fused-ring (bicyclic) bond motifs is 1. The molecule has 0 fully saturated rings. The Labute approximate surface area is 176 Å². The van der Waals surface area contributed by atoms with Crippen molar-refractivity contribution in [2.75, 3.05) is 25.7 Å². The highest BCUT2D eigenvalue weighted by Gasteiger charge is 2.35. The number of nitro benzene ring substituents is 1. The molecule has 1 amide bonds. The van der Waals surface area contributed by atoms with Gasteiger partial charge in [0.25, 0.3) is 11.6 Å². The fourth-order valence-electron chi connectivity index (χ4n) is 3.53. The lowest BCUT2D eigenvalue weighted by molar-refractivity contribution is -0.384. The van der Waals surface area contributed by atoms with Crippen molar-refractivity contribution in [3.63, 3.8) is 0 Å². The summed E-state index contributed by atoms with van der Waals surface area (Å²) >= 11 is 0. The number of carbonyl (C=O) groups is 2. The van der Waals surface area contributed by atoms with Crippen LogP contribution >= 0.6 is 0 Å². The van der Waals surface area contributed by atoms with Crippen LogP contribution in [-0.4, -0.2) is 47.3 Å². The summed E-state index contributed by atoms with van der Waals surface area (Å²) in [5, 5.41) is 15.3. The van der Waals surface area contributed by atoms with Crippen LogP contribution in [0, 0.1) is 10.1 Å². The number of hydrogen-bond donors (Lipinski definition) is 0. The van der Waals surface area contributed by atoms with Gasteiger partial charge in [-0.3, -0.25) is 14.9 Å². The van der Waals surface area contributed by atoms with Crippen LogP contribution in [0.2, 0.25) is 0 Å². The van der Waals surface area contributed by atoms with Gasteiger partial charge in [0.2, 0.25) is 0 Å². The van der Waals surface area contributed by atoms with E-state index in [1.54, 1.807) is 31.4 Å². The van der Waals surface area contributed by atoms with Crippen LogP contribution in [-0.2, 0) is 11.2 Å².